The van der Waals surface area contributed by atoms with Crippen LogP contribution < -0.4 is 4.90 Å². The Labute approximate surface area is 138 Å². The van der Waals surface area contributed by atoms with Crippen LogP contribution in [0.1, 0.15) is 13.8 Å². The summed E-state index contributed by atoms with van der Waals surface area (Å²) >= 11 is 0. The minimum atomic E-state index is 0.175. The highest BCUT2D eigenvalue weighted by molar-refractivity contribution is 5.78. The van der Waals surface area contributed by atoms with Gasteiger partial charge in [0.15, 0.2) is 0 Å². The summed E-state index contributed by atoms with van der Waals surface area (Å²) in [5, 5.41) is 9.36. The van der Waals surface area contributed by atoms with E-state index < -0.39 is 0 Å². The zero-order chi connectivity index (χ0) is 16.8. The molecule has 1 fully saturated rings. The van der Waals surface area contributed by atoms with Gasteiger partial charge in [-0.2, -0.15) is 0 Å². The van der Waals surface area contributed by atoms with Crippen LogP contribution in [0.25, 0.3) is 0 Å². The highest BCUT2D eigenvalue weighted by atomic mass is 16.3. The highest BCUT2D eigenvalue weighted by Crippen LogP contribution is 2.19. The van der Waals surface area contributed by atoms with Crippen LogP contribution in [0.2, 0.25) is 0 Å². The molecule has 0 bridgehead atoms. The molecule has 0 aromatic heterocycles. The fourth-order valence-corrected chi connectivity index (χ4v) is 2.82. The number of likely N-dealkylation sites (N-methyl/N-ethyl adjacent to an activating group) is 1. The Hall–Kier alpha value is -2.01. The van der Waals surface area contributed by atoms with Crippen LogP contribution in [0.15, 0.2) is 36.4 Å². The normalized spacial score (nSPS) is 15.5. The molecule has 1 aromatic rings. The molecular formula is C18H27N3O2. The summed E-state index contributed by atoms with van der Waals surface area (Å²) in [7, 11) is 0. The van der Waals surface area contributed by atoms with E-state index in [0.29, 0.717) is 13.1 Å². The average Bonchev–Trinajstić information content (AvgIpc) is 2.54. The average molecular weight is 317 g/mol. The lowest BCUT2D eigenvalue weighted by Gasteiger charge is -2.36. The molecular weight excluding hydrogens is 290 g/mol. The maximum absolute atomic E-state index is 12.4. The second kappa shape index (κ2) is 8.02. The fraction of sp³-hybridized carbons (Fsp3) is 0.500. The highest BCUT2D eigenvalue weighted by Gasteiger charge is 2.21. The van der Waals surface area contributed by atoms with Gasteiger partial charge >= 0.3 is 0 Å². The van der Waals surface area contributed by atoms with Gasteiger partial charge in [-0.05, 0) is 38.1 Å². The third-order valence-electron chi connectivity index (χ3n) is 4.14. The van der Waals surface area contributed by atoms with Crippen molar-refractivity contribution in [3.8, 4) is 5.75 Å². The number of nitrogens with zero attached hydrogens (tertiary/aromatic N) is 3. The first-order valence-corrected chi connectivity index (χ1v) is 8.18. The van der Waals surface area contributed by atoms with Crippen LogP contribution in [-0.4, -0.2) is 66.6 Å². The number of phenolic OH excluding ortho intramolecular Hbond substituents is 1. The summed E-state index contributed by atoms with van der Waals surface area (Å²) in [6.45, 7) is 13.2. The second-order valence-corrected chi connectivity index (χ2v) is 6.14. The third kappa shape index (κ3) is 4.99. The van der Waals surface area contributed by atoms with Gasteiger partial charge in [0.05, 0.1) is 6.54 Å². The van der Waals surface area contributed by atoms with Gasteiger partial charge in [-0.3, -0.25) is 9.69 Å². The van der Waals surface area contributed by atoms with Gasteiger partial charge in [0.1, 0.15) is 5.75 Å². The Morgan fingerprint density at radius 2 is 1.83 bits per heavy atom. The van der Waals surface area contributed by atoms with E-state index >= 15 is 0 Å². The van der Waals surface area contributed by atoms with Gasteiger partial charge in [0, 0.05) is 45.0 Å². The molecule has 1 aliphatic rings. The van der Waals surface area contributed by atoms with E-state index in [-0.39, 0.29) is 11.7 Å². The molecule has 1 aromatic carbocycles. The van der Waals surface area contributed by atoms with Crippen molar-refractivity contribution in [3.05, 3.63) is 36.4 Å². The Morgan fingerprint density at radius 1 is 1.22 bits per heavy atom. The molecule has 1 heterocycles. The molecule has 0 spiro atoms. The molecule has 2 rings (SSSR count). The topological polar surface area (TPSA) is 47.0 Å². The van der Waals surface area contributed by atoms with E-state index in [1.54, 1.807) is 12.1 Å². The lowest BCUT2D eigenvalue weighted by molar-refractivity contribution is -0.131. The number of hydrogen-bond acceptors (Lipinski definition) is 4. The summed E-state index contributed by atoms with van der Waals surface area (Å²) < 4.78 is 0. The third-order valence-corrected chi connectivity index (χ3v) is 4.14. The molecule has 0 unspecified atom stereocenters. The van der Waals surface area contributed by atoms with Gasteiger partial charge in [-0.15, -0.1) is 0 Å². The van der Waals surface area contributed by atoms with E-state index in [1.165, 1.54) is 0 Å². The first-order valence-electron chi connectivity index (χ1n) is 8.18. The lowest BCUT2D eigenvalue weighted by Crippen LogP contribution is -2.50. The van der Waals surface area contributed by atoms with Gasteiger partial charge < -0.3 is 14.9 Å². The predicted molar refractivity (Wildman–Crippen MR) is 93.8 cm³/mol. The maximum Gasteiger partial charge on any atom is 0.237 e. The van der Waals surface area contributed by atoms with E-state index in [4.69, 9.17) is 0 Å². The van der Waals surface area contributed by atoms with Crippen LogP contribution in [0.4, 0.5) is 5.69 Å². The van der Waals surface area contributed by atoms with Crippen molar-refractivity contribution in [3.63, 3.8) is 0 Å². The zero-order valence-electron chi connectivity index (χ0n) is 14.2. The van der Waals surface area contributed by atoms with Crippen LogP contribution in [0.5, 0.6) is 5.75 Å². The smallest absolute Gasteiger partial charge is 0.237 e. The standard InChI is InChI=1S/C18H27N3O2/c1-4-20(13-15(2)3)18(23)14-19-9-11-21(12-10-19)16-5-7-17(22)8-6-16/h5-8,22H,2,4,9-14H2,1,3H3. The summed E-state index contributed by atoms with van der Waals surface area (Å²) in [5.74, 6) is 0.462. The number of phenols is 1. The monoisotopic (exact) mass is 317 g/mol. The van der Waals surface area contributed by atoms with Gasteiger partial charge in [-0.1, -0.05) is 12.2 Å². The fourth-order valence-electron chi connectivity index (χ4n) is 2.82. The molecule has 5 heteroatoms. The van der Waals surface area contributed by atoms with Crippen molar-refractivity contribution in [2.75, 3.05) is 50.7 Å². The Kier molecular flexibility index (Phi) is 6.04. The summed E-state index contributed by atoms with van der Waals surface area (Å²) in [5.41, 5.74) is 2.13. The van der Waals surface area contributed by atoms with Crippen LogP contribution in [0, 0.1) is 0 Å². The number of carbonyl (C=O) groups is 1. The molecule has 1 N–H and O–H groups in total. The van der Waals surface area contributed by atoms with Crippen molar-refractivity contribution in [1.82, 2.24) is 9.80 Å². The van der Waals surface area contributed by atoms with Crippen LogP contribution in [0.3, 0.4) is 0 Å². The Balaban J connectivity index is 1.83. The van der Waals surface area contributed by atoms with Crippen molar-refractivity contribution in [2.24, 2.45) is 0 Å². The summed E-state index contributed by atoms with van der Waals surface area (Å²) in [6, 6.07) is 7.29. The maximum atomic E-state index is 12.4. The van der Waals surface area contributed by atoms with E-state index in [1.807, 2.05) is 30.9 Å². The molecule has 1 aliphatic heterocycles. The minimum absolute atomic E-state index is 0.175. The number of aromatic hydroxyl groups is 1. The number of hydrogen-bond donors (Lipinski definition) is 1. The van der Waals surface area contributed by atoms with Crippen molar-refractivity contribution in [1.29, 1.82) is 0 Å². The number of amides is 1. The Morgan fingerprint density at radius 3 is 2.35 bits per heavy atom. The Bertz CT molecular complexity index is 534. The van der Waals surface area contributed by atoms with Gasteiger partial charge in [-0.25, -0.2) is 0 Å². The summed E-state index contributed by atoms with van der Waals surface area (Å²) in [4.78, 5) is 18.7. The molecule has 126 valence electrons. The number of anilines is 1. The summed E-state index contributed by atoms with van der Waals surface area (Å²) in [6.07, 6.45) is 0. The number of carbonyl (C=O) groups excluding carboxylic acids is 1. The first-order chi connectivity index (χ1) is 11.0. The molecule has 0 saturated carbocycles. The SMILES string of the molecule is C=C(C)CN(CC)C(=O)CN1CCN(c2ccc(O)cc2)CC1. The van der Waals surface area contributed by atoms with E-state index in [9.17, 15) is 9.90 Å². The molecule has 0 radical (unpaired) electrons. The van der Waals surface area contributed by atoms with Gasteiger partial charge in [0.2, 0.25) is 5.91 Å². The molecule has 23 heavy (non-hydrogen) atoms. The minimum Gasteiger partial charge on any atom is -0.508 e. The van der Waals surface area contributed by atoms with Crippen LogP contribution in [-0.2, 0) is 4.79 Å². The number of benzene rings is 1. The quantitative estimate of drug-likeness (QED) is 0.815. The largest absolute Gasteiger partial charge is 0.508 e. The molecule has 0 aliphatic carbocycles. The van der Waals surface area contributed by atoms with Crippen molar-refractivity contribution >= 4 is 11.6 Å². The molecule has 0 atom stereocenters. The molecule has 5 nitrogen and oxygen atoms in total. The lowest BCUT2D eigenvalue weighted by atomic mass is 10.2. The molecule has 1 amide bonds. The van der Waals surface area contributed by atoms with Gasteiger partial charge in [0.25, 0.3) is 0 Å². The predicted octanol–water partition coefficient (Wildman–Crippen LogP) is 1.94. The van der Waals surface area contributed by atoms with E-state index in [2.05, 4.69) is 16.4 Å². The van der Waals surface area contributed by atoms with Crippen molar-refractivity contribution in [2.45, 2.75) is 13.8 Å². The van der Waals surface area contributed by atoms with Crippen LogP contribution >= 0.6 is 0 Å². The van der Waals surface area contributed by atoms with E-state index in [0.717, 1.165) is 44.0 Å². The zero-order valence-corrected chi connectivity index (χ0v) is 14.2. The number of piperazine rings is 1. The first kappa shape index (κ1) is 17.3. The van der Waals surface area contributed by atoms with Crippen molar-refractivity contribution < 1.29 is 9.90 Å². The molecule has 1 saturated heterocycles. The number of rotatable bonds is 6. The second-order valence-electron chi connectivity index (χ2n) is 6.14.